The molecule has 3 nitrogen and oxygen atoms in total. The summed E-state index contributed by atoms with van der Waals surface area (Å²) in [7, 11) is 0. The summed E-state index contributed by atoms with van der Waals surface area (Å²) < 4.78 is 15.4. The Morgan fingerprint density at radius 3 is 2.71 bits per heavy atom. The third-order valence-electron chi connectivity index (χ3n) is 2.90. The first-order valence-electron chi connectivity index (χ1n) is 5.68. The van der Waals surface area contributed by atoms with Gasteiger partial charge in [-0.25, -0.2) is 4.68 Å². The van der Waals surface area contributed by atoms with Crippen molar-refractivity contribution in [1.29, 1.82) is 0 Å². The zero-order valence-electron chi connectivity index (χ0n) is 10.1. The van der Waals surface area contributed by atoms with Crippen LogP contribution in [0.2, 0.25) is 0 Å². The molecule has 0 radical (unpaired) electrons. The molecule has 0 aliphatic carbocycles. The van der Waals surface area contributed by atoms with Crippen molar-refractivity contribution in [2.75, 3.05) is 0 Å². The predicted molar refractivity (Wildman–Crippen MR) is 65.9 cm³/mol. The highest BCUT2D eigenvalue weighted by Gasteiger charge is 2.13. The van der Waals surface area contributed by atoms with Gasteiger partial charge in [-0.15, -0.1) is 0 Å². The summed E-state index contributed by atoms with van der Waals surface area (Å²) in [5.74, 6) is -0.287. The molecule has 0 fully saturated rings. The lowest BCUT2D eigenvalue weighted by atomic mass is 10.0. The van der Waals surface area contributed by atoms with Gasteiger partial charge in [0.05, 0.1) is 11.8 Å². The summed E-state index contributed by atoms with van der Waals surface area (Å²) >= 11 is 0. The van der Waals surface area contributed by atoms with E-state index >= 15 is 0 Å². The molecule has 1 aromatic carbocycles. The summed E-state index contributed by atoms with van der Waals surface area (Å²) in [4.78, 5) is 0. The van der Waals surface area contributed by atoms with Gasteiger partial charge in [-0.3, -0.25) is 0 Å². The summed E-state index contributed by atoms with van der Waals surface area (Å²) in [6, 6.07) is 5.84. The number of halogens is 1. The van der Waals surface area contributed by atoms with Crippen molar-refractivity contribution >= 4 is 0 Å². The molecule has 17 heavy (non-hydrogen) atoms. The van der Waals surface area contributed by atoms with Gasteiger partial charge in [0.15, 0.2) is 0 Å². The minimum absolute atomic E-state index is 0.287. The van der Waals surface area contributed by atoms with E-state index in [2.05, 4.69) is 5.10 Å². The first-order valence-corrected chi connectivity index (χ1v) is 5.68. The van der Waals surface area contributed by atoms with Gasteiger partial charge in [0.1, 0.15) is 0 Å². The van der Waals surface area contributed by atoms with Crippen LogP contribution in [0.25, 0.3) is 11.1 Å². The van der Waals surface area contributed by atoms with Crippen LogP contribution in [0.1, 0.15) is 18.1 Å². The van der Waals surface area contributed by atoms with Crippen molar-refractivity contribution in [1.82, 2.24) is 9.78 Å². The first-order chi connectivity index (χ1) is 8.17. The third-order valence-corrected chi connectivity index (χ3v) is 2.90. The minimum atomic E-state index is -0.287. The third kappa shape index (κ3) is 2.08. The van der Waals surface area contributed by atoms with E-state index in [0.29, 0.717) is 18.7 Å². The normalized spacial score (nSPS) is 10.8. The van der Waals surface area contributed by atoms with E-state index in [1.165, 1.54) is 4.68 Å². The summed E-state index contributed by atoms with van der Waals surface area (Å²) in [6.45, 7) is 4.81. The maximum atomic E-state index is 14.0. The van der Waals surface area contributed by atoms with Gasteiger partial charge in [-0.2, -0.15) is 9.49 Å². The number of aromatic nitrogens is 2. The lowest BCUT2D eigenvalue weighted by molar-refractivity contribution is 0.473. The minimum Gasteiger partial charge on any atom is -0.326 e. The van der Waals surface area contributed by atoms with E-state index in [0.717, 1.165) is 16.7 Å². The zero-order chi connectivity index (χ0) is 12.4. The number of rotatable bonds is 3. The largest absolute Gasteiger partial charge is 0.326 e. The summed E-state index contributed by atoms with van der Waals surface area (Å²) in [6.07, 6.45) is 1.57. The first kappa shape index (κ1) is 11.8. The van der Waals surface area contributed by atoms with E-state index < -0.39 is 0 Å². The predicted octanol–water partition coefficient (Wildman–Crippen LogP) is 2.48. The van der Waals surface area contributed by atoms with Gasteiger partial charge in [0.25, 0.3) is 0 Å². The Morgan fingerprint density at radius 2 is 2.12 bits per heavy atom. The van der Waals surface area contributed by atoms with Crippen LogP contribution in [0.4, 0.5) is 4.39 Å². The zero-order valence-corrected chi connectivity index (χ0v) is 10.1. The molecule has 2 N–H and O–H groups in total. The van der Waals surface area contributed by atoms with Crippen molar-refractivity contribution < 1.29 is 4.39 Å². The molecule has 4 heteroatoms. The Labute approximate surface area is 100 Å². The lowest BCUT2D eigenvalue weighted by Gasteiger charge is -2.06. The molecule has 0 spiro atoms. The van der Waals surface area contributed by atoms with Crippen LogP contribution in [0.5, 0.6) is 0 Å². The molecule has 1 aromatic heterocycles. The number of nitrogens with two attached hydrogens (primary N) is 1. The second-order valence-corrected chi connectivity index (χ2v) is 4.02. The summed E-state index contributed by atoms with van der Waals surface area (Å²) in [5, 5.41) is 4.02. The number of hydrogen-bond donors (Lipinski definition) is 1. The Balaban J connectivity index is 2.55. The van der Waals surface area contributed by atoms with Crippen LogP contribution in [0, 0.1) is 12.9 Å². The van der Waals surface area contributed by atoms with Crippen molar-refractivity contribution in [3.8, 4) is 11.1 Å². The molecule has 0 amide bonds. The Morgan fingerprint density at radius 1 is 1.35 bits per heavy atom. The maximum absolute atomic E-state index is 14.0. The van der Waals surface area contributed by atoms with Crippen LogP contribution in [-0.4, -0.2) is 9.78 Å². The molecule has 0 bridgehead atoms. The summed E-state index contributed by atoms with van der Waals surface area (Å²) in [5.41, 5.74) is 9.03. The van der Waals surface area contributed by atoms with Crippen LogP contribution < -0.4 is 5.73 Å². The van der Waals surface area contributed by atoms with E-state index in [-0.39, 0.29) is 5.95 Å². The second kappa shape index (κ2) is 4.67. The molecule has 1 heterocycles. The topological polar surface area (TPSA) is 43.8 Å². The monoisotopic (exact) mass is 233 g/mol. The van der Waals surface area contributed by atoms with Crippen LogP contribution >= 0.6 is 0 Å². The van der Waals surface area contributed by atoms with Crippen LogP contribution in [0.15, 0.2) is 24.4 Å². The molecule has 90 valence electrons. The average molecular weight is 233 g/mol. The number of hydrogen-bond acceptors (Lipinski definition) is 2. The SMILES string of the molecule is CCn1ncc(-c2cc(CN)ccc2C)c1F. The average Bonchev–Trinajstić information content (AvgIpc) is 2.71. The van der Waals surface area contributed by atoms with Gasteiger partial charge >= 0.3 is 0 Å². The fourth-order valence-corrected chi connectivity index (χ4v) is 1.86. The Kier molecular flexibility index (Phi) is 3.24. The van der Waals surface area contributed by atoms with Gasteiger partial charge < -0.3 is 5.73 Å². The van der Waals surface area contributed by atoms with E-state index in [4.69, 9.17) is 5.73 Å². The number of benzene rings is 1. The van der Waals surface area contributed by atoms with Gasteiger partial charge in [-0.1, -0.05) is 12.1 Å². The molecule has 2 rings (SSSR count). The van der Waals surface area contributed by atoms with Crippen molar-refractivity contribution in [2.24, 2.45) is 5.73 Å². The number of nitrogens with zero attached hydrogens (tertiary/aromatic N) is 2. The molecule has 0 unspecified atom stereocenters. The smallest absolute Gasteiger partial charge is 0.219 e. The molecular formula is C13H16FN3. The molecule has 2 aromatic rings. The molecule has 0 aliphatic rings. The van der Waals surface area contributed by atoms with Crippen LogP contribution in [0.3, 0.4) is 0 Å². The van der Waals surface area contributed by atoms with E-state index in [1.807, 2.05) is 32.0 Å². The van der Waals surface area contributed by atoms with Crippen molar-refractivity contribution in [3.05, 3.63) is 41.5 Å². The van der Waals surface area contributed by atoms with Gasteiger partial charge in [-0.05, 0) is 36.6 Å². The molecule has 0 saturated heterocycles. The molecule has 0 aliphatic heterocycles. The van der Waals surface area contributed by atoms with Crippen molar-refractivity contribution in [3.63, 3.8) is 0 Å². The number of aryl methyl sites for hydroxylation is 2. The maximum Gasteiger partial charge on any atom is 0.219 e. The molecule has 0 saturated carbocycles. The van der Waals surface area contributed by atoms with E-state index in [9.17, 15) is 4.39 Å². The van der Waals surface area contributed by atoms with Gasteiger partial charge in [0.2, 0.25) is 5.95 Å². The fraction of sp³-hybridized carbons (Fsp3) is 0.308. The quantitative estimate of drug-likeness (QED) is 0.885. The Bertz CT molecular complexity index is 531. The second-order valence-electron chi connectivity index (χ2n) is 4.02. The fourth-order valence-electron chi connectivity index (χ4n) is 1.86. The lowest BCUT2D eigenvalue weighted by Crippen LogP contribution is -2.00. The highest BCUT2D eigenvalue weighted by atomic mass is 19.1. The van der Waals surface area contributed by atoms with E-state index in [1.54, 1.807) is 6.20 Å². The highest BCUT2D eigenvalue weighted by molar-refractivity contribution is 5.67. The van der Waals surface area contributed by atoms with Crippen LogP contribution in [-0.2, 0) is 13.1 Å². The van der Waals surface area contributed by atoms with Crippen molar-refractivity contribution in [2.45, 2.75) is 26.9 Å². The highest BCUT2D eigenvalue weighted by Crippen LogP contribution is 2.26. The molecule has 0 atom stereocenters. The standard InChI is InChI=1S/C13H16FN3/c1-3-17-13(14)12(8-16-17)11-6-10(7-15)5-4-9(11)2/h4-6,8H,3,7,15H2,1-2H3. The Hall–Kier alpha value is -1.68. The van der Waals surface area contributed by atoms with Gasteiger partial charge in [0, 0.05) is 13.1 Å². The molecular weight excluding hydrogens is 217 g/mol.